The summed E-state index contributed by atoms with van der Waals surface area (Å²) in [6, 6.07) is -0.240. The number of hydrogen-bond acceptors (Lipinski definition) is 6. The van der Waals surface area contributed by atoms with Crippen LogP contribution in [0.1, 0.15) is 46.1 Å². The maximum absolute atomic E-state index is 14.4. The van der Waals surface area contributed by atoms with Gasteiger partial charge < -0.3 is 25.2 Å². The van der Waals surface area contributed by atoms with E-state index >= 15 is 0 Å². The smallest absolute Gasteiger partial charge is 0.429 e. The van der Waals surface area contributed by atoms with Gasteiger partial charge in [0.15, 0.2) is 11.6 Å². The number of halogens is 6. The van der Waals surface area contributed by atoms with Gasteiger partial charge in [-0.15, -0.1) is 0 Å². The van der Waals surface area contributed by atoms with E-state index in [9.17, 15) is 40.7 Å². The third kappa shape index (κ3) is 8.13. The molecule has 3 rings (SSSR count). The van der Waals surface area contributed by atoms with Crippen molar-refractivity contribution in [3.63, 3.8) is 0 Å². The molecule has 0 saturated heterocycles. The normalized spacial score (nSPS) is 17.9. The molecule has 2 aliphatic rings. The molecule has 0 spiro atoms. The van der Waals surface area contributed by atoms with Crippen LogP contribution in [0.25, 0.3) is 0 Å². The molecule has 0 aliphatic carbocycles. The van der Waals surface area contributed by atoms with Crippen LogP contribution in [-0.2, 0) is 20.7 Å². The Kier molecular flexibility index (Phi) is 9.59. The fourth-order valence-electron chi connectivity index (χ4n) is 4.24. The zero-order chi connectivity index (χ0) is 30.7. The molecule has 1 aromatic rings. The van der Waals surface area contributed by atoms with E-state index in [0.29, 0.717) is 18.6 Å². The Hall–Kier alpha value is -3.78. The molecule has 41 heavy (non-hydrogen) atoms. The first-order valence-corrected chi connectivity index (χ1v) is 12.8. The second-order valence-electron chi connectivity index (χ2n) is 10.6. The lowest BCUT2D eigenvalue weighted by Gasteiger charge is -2.35. The Morgan fingerprint density at radius 3 is 2.34 bits per heavy atom. The molecule has 0 radical (unpaired) electrons. The molecule has 3 amide bonds. The quantitative estimate of drug-likeness (QED) is 0.354. The molecule has 1 unspecified atom stereocenters. The van der Waals surface area contributed by atoms with Gasteiger partial charge in [-0.2, -0.15) is 13.2 Å². The third-order valence-electron chi connectivity index (χ3n) is 6.02. The molecule has 2 atom stereocenters. The van der Waals surface area contributed by atoms with Crippen LogP contribution in [0.3, 0.4) is 0 Å². The van der Waals surface area contributed by atoms with Crippen molar-refractivity contribution in [1.29, 1.82) is 0 Å². The van der Waals surface area contributed by atoms with Crippen molar-refractivity contribution < 1.29 is 45.5 Å². The Morgan fingerprint density at radius 2 is 1.73 bits per heavy atom. The molecule has 2 aliphatic heterocycles. The number of rotatable bonds is 8. The molecule has 2 heterocycles. The number of ether oxygens (including phenoxy) is 1. The van der Waals surface area contributed by atoms with Crippen molar-refractivity contribution in [3.05, 3.63) is 47.0 Å². The predicted octanol–water partition coefficient (Wildman–Crippen LogP) is 3.78. The minimum absolute atomic E-state index is 0.197. The average molecular weight is 592 g/mol. The van der Waals surface area contributed by atoms with Gasteiger partial charge in [-0.05, 0) is 45.2 Å². The molecular weight excluding hydrogens is 560 g/mol. The zero-order valence-corrected chi connectivity index (χ0v) is 22.9. The first kappa shape index (κ1) is 31.7. The molecule has 0 saturated carbocycles. The Labute approximate surface area is 232 Å². The molecule has 0 fully saturated rings. The summed E-state index contributed by atoms with van der Waals surface area (Å²) in [4.78, 5) is 43.8. The van der Waals surface area contributed by atoms with E-state index in [-0.39, 0.29) is 30.9 Å². The summed E-state index contributed by atoms with van der Waals surface area (Å²) in [6.07, 6.45) is -7.40. The second-order valence-corrected chi connectivity index (χ2v) is 10.6. The topological polar surface area (TPSA) is 103 Å². The van der Waals surface area contributed by atoms with Crippen LogP contribution >= 0.6 is 0 Å². The van der Waals surface area contributed by atoms with E-state index < -0.39 is 77.9 Å². The van der Waals surface area contributed by atoms with Crippen LogP contribution in [0.15, 0.2) is 29.0 Å². The molecule has 226 valence electrons. The summed E-state index contributed by atoms with van der Waals surface area (Å²) in [5.41, 5.74) is -1.95. The lowest BCUT2D eigenvalue weighted by molar-refractivity contribution is -0.174. The largest absolute Gasteiger partial charge is 0.444 e. The van der Waals surface area contributed by atoms with Crippen LogP contribution in [0.2, 0.25) is 0 Å². The number of nitrogens with zero attached hydrogens (tertiary/aromatic N) is 3. The van der Waals surface area contributed by atoms with Gasteiger partial charge in [0.1, 0.15) is 17.1 Å². The highest BCUT2D eigenvalue weighted by molar-refractivity contribution is 6.45. The van der Waals surface area contributed by atoms with Crippen LogP contribution in [-0.4, -0.2) is 77.0 Å². The minimum Gasteiger partial charge on any atom is -0.444 e. The molecule has 0 bridgehead atoms. The van der Waals surface area contributed by atoms with Gasteiger partial charge in [-0.1, -0.05) is 6.92 Å². The summed E-state index contributed by atoms with van der Waals surface area (Å²) >= 11 is 0. The van der Waals surface area contributed by atoms with Gasteiger partial charge in [0.2, 0.25) is 12.1 Å². The Morgan fingerprint density at radius 1 is 1.07 bits per heavy atom. The van der Waals surface area contributed by atoms with Gasteiger partial charge in [0.25, 0.3) is 5.91 Å². The number of fused-ring (bicyclic) bond motifs is 1. The van der Waals surface area contributed by atoms with Gasteiger partial charge in [-0.25, -0.2) is 23.0 Å². The summed E-state index contributed by atoms with van der Waals surface area (Å²) in [5, 5.41) is 4.89. The lowest BCUT2D eigenvalue weighted by atomic mass is 10.0. The van der Waals surface area contributed by atoms with Crippen molar-refractivity contribution in [2.75, 3.05) is 19.6 Å². The summed E-state index contributed by atoms with van der Waals surface area (Å²) in [5.74, 6) is -5.39. The van der Waals surface area contributed by atoms with Gasteiger partial charge >= 0.3 is 12.3 Å². The number of alkyl carbamates (subject to hydrolysis) is 1. The van der Waals surface area contributed by atoms with E-state index in [1.165, 1.54) is 0 Å². The van der Waals surface area contributed by atoms with E-state index in [1.54, 1.807) is 27.7 Å². The number of carbonyl (C=O) groups is 3. The fraction of sp³-hybridized carbons (Fsp3) is 0.538. The van der Waals surface area contributed by atoms with Crippen molar-refractivity contribution in [2.24, 2.45) is 4.99 Å². The molecule has 15 heteroatoms. The number of benzene rings is 1. The molecule has 9 nitrogen and oxygen atoms in total. The number of aliphatic imine (C=N–C) groups is 1. The maximum atomic E-state index is 14.4. The SMILES string of the molecule is CCCNC(=O)C1=N[C@H](C(F)(F)F)N2CCN(C(=O)CC(Cc3cc(F)c(F)cc3F)NC(=O)OC(C)(C)C)C=C12. The highest BCUT2D eigenvalue weighted by atomic mass is 19.4. The van der Waals surface area contributed by atoms with Gasteiger partial charge in [-0.3, -0.25) is 9.59 Å². The fourth-order valence-corrected chi connectivity index (χ4v) is 4.24. The van der Waals surface area contributed by atoms with E-state index in [1.807, 2.05) is 0 Å². The summed E-state index contributed by atoms with van der Waals surface area (Å²) in [6.45, 7) is 6.18. The van der Waals surface area contributed by atoms with Crippen LogP contribution in [0.5, 0.6) is 0 Å². The molecule has 0 aromatic heterocycles. The predicted molar refractivity (Wildman–Crippen MR) is 135 cm³/mol. The first-order valence-electron chi connectivity index (χ1n) is 12.8. The highest BCUT2D eigenvalue weighted by Crippen LogP contribution is 2.35. The van der Waals surface area contributed by atoms with Gasteiger partial charge in [0.05, 0.1) is 5.70 Å². The van der Waals surface area contributed by atoms with Gasteiger partial charge in [0, 0.05) is 44.4 Å². The Balaban J connectivity index is 1.87. The number of amides is 3. The number of nitrogens with one attached hydrogen (secondary N) is 2. The van der Waals surface area contributed by atoms with E-state index in [2.05, 4.69) is 15.6 Å². The third-order valence-corrected chi connectivity index (χ3v) is 6.02. The minimum atomic E-state index is -4.78. The summed E-state index contributed by atoms with van der Waals surface area (Å²) in [7, 11) is 0. The number of alkyl halides is 3. The lowest BCUT2D eigenvalue weighted by Crippen LogP contribution is -2.49. The maximum Gasteiger partial charge on any atom is 0.429 e. The molecule has 2 N–H and O–H groups in total. The highest BCUT2D eigenvalue weighted by Gasteiger charge is 2.51. The van der Waals surface area contributed by atoms with Crippen LogP contribution < -0.4 is 10.6 Å². The Bertz CT molecular complexity index is 1240. The number of carbonyl (C=O) groups excluding carboxylic acids is 3. The van der Waals surface area contributed by atoms with E-state index in [0.717, 1.165) is 16.0 Å². The van der Waals surface area contributed by atoms with Crippen LogP contribution in [0, 0.1) is 17.5 Å². The molecular formula is C26H31F6N5O4. The van der Waals surface area contributed by atoms with Crippen molar-refractivity contribution in [1.82, 2.24) is 20.4 Å². The van der Waals surface area contributed by atoms with Crippen molar-refractivity contribution in [3.8, 4) is 0 Å². The second kappa shape index (κ2) is 12.4. The summed E-state index contributed by atoms with van der Waals surface area (Å²) < 4.78 is 87.8. The monoisotopic (exact) mass is 591 g/mol. The number of hydrogen-bond donors (Lipinski definition) is 2. The molecule has 1 aromatic carbocycles. The van der Waals surface area contributed by atoms with Crippen molar-refractivity contribution >= 4 is 23.6 Å². The standard InChI is InChI=1S/C26H31F6N5O4/c1-5-6-33-22(39)21-19-13-36(7-8-37(19)23(35-21)26(30,31)32)20(38)11-15(34-24(40)41-25(2,3)4)9-14-10-17(28)18(29)12-16(14)27/h10,12-13,15,23H,5-9,11H2,1-4H3,(H,33,39)(H,34,40)/t15?,23-/m0/s1. The van der Waals surface area contributed by atoms with Crippen molar-refractivity contribution in [2.45, 2.75) is 70.9 Å². The zero-order valence-electron chi connectivity index (χ0n) is 22.9. The average Bonchev–Trinajstić information content (AvgIpc) is 3.24. The van der Waals surface area contributed by atoms with Crippen LogP contribution in [0.4, 0.5) is 31.1 Å². The first-order chi connectivity index (χ1) is 19.0. The van der Waals surface area contributed by atoms with E-state index in [4.69, 9.17) is 4.74 Å².